The van der Waals surface area contributed by atoms with E-state index in [4.69, 9.17) is 9.47 Å². The summed E-state index contributed by atoms with van der Waals surface area (Å²) in [6, 6.07) is 5.62. The molecule has 0 saturated carbocycles. The van der Waals surface area contributed by atoms with E-state index in [9.17, 15) is 13.6 Å². The lowest BCUT2D eigenvalue weighted by Gasteiger charge is -2.12. The van der Waals surface area contributed by atoms with E-state index in [2.05, 4.69) is 15.3 Å². The standard InChI is InChI=1S/C19H20F2N4O3/c1-3-28-16-9-17-22-12(7-8-27-2)10-25(17)11-15(16)24-19(26)14-6-4-5-13(23-14)18(20)21/h4-6,9-11,18H,3,7-8H2,1-2H3,(H,24,26). The van der Waals surface area contributed by atoms with Gasteiger partial charge >= 0.3 is 0 Å². The molecule has 0 atom stereocenters. The fourth-order valence-corrected chi connectivity index (χ4v) is 2.65. The number of imidazole rings is 1. The Hall–Kier alpha value is -3.07. The zero-order chi connectivity index (χ0) is 20.1. The second-order valence-corrected chi connectivity index (χ2v) is 5.93. The first-order chi connectivity index (χ1) is 13.5. The Bertz CT molecular complexity index is 975. The maximum absolute atomic E-state index is 12.8. The highest BCUT2D eigenvalue weighted by molar-refractivity contribution is 6.03. The summed E-state index contributed by atoms with van der Waals surface area (Å²) >= 11 is 0. The summed E-state index contributed by atoms with van der Waals surface area (Å²) < 4.78 is 38.1. The van der Waals surface area contributed by atoms with E-state index in [1.54, 1.807) is 23.8 Å². The van der Waals surface area contributed by atoms with Gasteiger partial charge in [0.05, 0.1) is 18.9 Å². The van der Waals surface area contributed by atoms with Crippen LogP contribution in [0.15, 0.2) is 36.7 Å². The number of alkyl halides is 2. The van der Waals surface area contributed by atoms with Gasteiger partial charge in [0.15, 0.2) is 0 Å². The minimum Gasteiger partial charge on any atom is -0.491 e. The largest absolute Gasteiger partial charge is 0.491 e. The maximum atomic E-state index is 12.8. The van der Waals surface area contributed by atoms with Gasteiger partial charge < -0.3 is 19.2 Å². The number of ether oxygens (including phenoxy) is 2. The highest BCUT2D eigenvalue weighted by Crippen LogP contribution is 2.27. The smallest absolute Gasteiger partial charge is 0.280 e. The summed E-state index contributed by atoms with van der Waals surface area (Å²) in [5, 5.41) is 2.68. The molecule has 3 aromatic rings. The highest BCUT2D eigenvalue weighted by Gasteiger charge is 2.16. The van der Waals surface area contributed by atoms with Crippen LogP contribution in [0.5, 0.6) is 5.75 Å². The number of pyridine rings is 2. The first kappa shape index (κ1) is 19.7. The van der Waals surface area contributed by atoms with Crippen molar-refractivity contribution in [1.82, 2.24) is 14.4 Å². The Labute approximate surface area is 160 Å². The number of halogens is 2. The predicted molar refractivity (Wildman–Crippen MR) is 99.1 cm³/mol. The van der Waals surface area contributed by atoms with E-state index >= 15 is 0 Å². The number of anilines is 1. The SMILES string of the molecule is CCOc1cc2nc(CCOC)cn2cc1NC(=O)c1cccc(C(F)F)n1. The second kappa shape index (κ2) is 8.75. The van der Waals surface area contributed by atoms with Gasteiger partial charge in [-0.2, -0.15) is 0 Å². The Morgan fingerprint density at radius 1 is 1.29 bits per heavy atom. The number of hydrogen-bond donors (Lipinski definition) is 1. The summed E-state index contributed by atoms with van der Waals surface area (Å²) in [4.78, 5) is 20.7. The number of hydrogen-bond acceptors (Lipinski definition) is 5. The van der Waals surface area contributed by atoms with Crippen molar-refractivity contribution in [3.8, 4) is 5.75 Å². The number of rotatable bonds is 8. The molecule has 0 bridgehead atoms. The number of carbonyl (C=O) groups excluding carboxylic acids is 1. The second-order valence-electron chi connectivity index (χ2n) is 5.93. The minimum absolute atomic E-state index is 0.105. The topological polar surface area (TPSA) is 77.8 Å². The van der Waals surface area contributed by atoms with Crippen LogP contribution in [-0.4, -0.2) is 40.6 Å². The highest BCUT2D eigenvalue weighted by atomic mass is 19.3. The van der Waals surface area contributed by atoms with E-state index in [0.717, 1.165) is 5.69 Å². The normalized spacial score (nSPS) is 11.2. The van der Waals surface area contributed by atoms with Crippen molar-refractivity contribution in [2.45, 2.75) is 19.8 Å². The molecule has 0 aliphatic rings. The number of aromatic nitrogens is 3. The van der Waals surface area contributed by atoms with E-state index in [1.807, 2.05) is 13.1 Å². The van der Waals surface area contributed by atoms with Crippen molar-refractivity contribution in [2.24, 2.45) is 0 Å². The van der Waals surface area contributed by atoms with Crippen molar-refractivity contribution >= 4 is 17.2 Å². The van der Waals surface area contributed by atoms with Crippen molar-refractivity contribution in [3.05, 3.63) is 53.7 Å². The van der Waals surface area contributed by atoms with Crippen LogP contribution in [0.1, 0.15) is 35.2 Å². The van der Waals surface area contributed by atoms with Gasteiger partial charge in [-0.25, -0.2) is 18.7 Å². The minimum atomic E-state index is -2.75. The van der Waals surface area contributed by atoms with Crippen molar-refractivity contribution in [3.63, 3.8) is 0 Å². The van der Waals surface area contributed by atoms with E-state index in [1.165, 1.54) is 18.2 Å². The molecule has 9 heteroatoms. The molecule has 28 heavy (non-hydrogen) atoms. The van der Waals surface area contributed by atoms with E-state index in [-0.39, 0.29) is 5.69 Å². The molecule has 1 N–H and O–H groups in total. The summed E-state index contributed by atoms with van der Waals surface area (Å²) in [6.07, 6.45) is 1.39. The third-order valence-electron chi connectivity index (χ3n) is 3.94. The molecule has 0 radical (unpaired) electrons. The summed E-state index contributed by atoms with van der Waals surface area (Å²) in [6.45, 7) is 2.74. The zero-order valence-electron chi connectivity index (χ0n) is 15.5. The molecular weight excluding hydrogens is 370 g/mol. The fourth-order valence-electron chi connectivity index (χ4n) is 2.65. The Morgan fingerprint density at radius 2 is 2.11 bits per heavy atom. The number of carbonyl (C=O) groups is 1. The van der Waals surface area contributed by atoms with Gasteiger partial charge in [0.25, 0.3) is 12.3 Å². The van der Waals surface area contributed by atoms with Crippen LogP contribution in [-0.2, 0) is 11.2 Å². The van der Waals surface area contributed by atoms with E-state index < -0.39 is 18.0 Å². The number of nitrogens with zero attached hydrogens (tertiary/aromatic N) is 3. The lowest BCUT2D eigenvalue weighted by molar-refractivity contribution is 0.101. The maximum Gasteiger partial charge on any atom is 0.280 e. The number of nitrogens with one attached hydrogen (secondary N) is 1. The first-order valence-corrected chi connectivity index (χ1v) is 8.71. The summed E-state index contributed by atoms with van der Waals surface area (Å²) in [5.74, 6) is -0.181. The van der Waals surface area contributed by atoms with Gasteiger partial charge in [-0.1, -0.05) is 6.07 Å². The molecule has 0 spiro atoms. The fraction of sp³-hybridized carbons (Fsp3) is 0.316. The quantitative estimate of drug-likeness (QED) is 0.637. The third-order valence-corrected chi connectivity index (χ3v) is 3.94. The Balaban J connectivity index is 1.90. The molecule has 3 aromatic heterocycles. The first-order valence-electron chi connectivity index (χ1n) is 8.71. The molecule has 0 saturated heterocycles. The molecule has 7 nitrogen and oxygen atoms in total. The van der Waals surface area contributed by atoms with Crippen LogP contribution in [0.4, 0.5) is 14.5 Å². The number of fused-ring (bicyclic) bond motifs is 1. The molecule has 1 amide bonds. The van der Waals surface area contributed by atoms with Gasteiger partial charge in [0, 0.05) is 32.0 Å². The Kier molecular flexibility index (Phi) is 6.15. The lowest BCUT2D eigenvalue weighted by Crippen LogP contribution is -2.16. The van der Waals surface area contributed by atoms with Gasteiger partial charge in [-0.05, 0) is 19.1 Å². The van der Waals surface area contributed by atoms with Gasteiger partial charge in [-0.3, -0.25) is 4.79 Å². The summed E-state index contributed by atoms with van der Waals surface area (Å²) in [7, 11) is 1.62. The molecule has 0 aliphatic carbocycles. The molecule has 148 valence electrons. The molecule has 0 aromatic carbocycles. The van der Waals surface area contributed by atoms with Crippen LogP contribution in [0, 0.1) is 0 Å². The van der Waals surface area contributed by atoms with Gasteiger partial charge in [0.1, 0.15) is 28.5 Å². The predicted octanol–water partition coefficient (Wildman–Crippen LogP) is 3.51. The summed E-state index contributed by atoms with van der Waals surface area (Å²) in [5.41, 5.74) is 1.32. The van der Waals surface area contributed by atoms with Crippen LogP contribution in [0.2, 0.25) is 0 Å². The van der Waals surface area contributed by atoms with Crippen molar-refractivity contribution in [2.75, 3.05) is 25.6 Å². The molecule has 3 heterocycles. The average Bonchev–Trinajstić information content (AvgIpc) is 3.08. The van der Waals surface area contributed by atoms with E-state index in [0.29, 0.717) is 36.7 Å². The third kappa shape index (κ3) is 4.42. The van der Waals surface area contributed by atoms with Crippen LogP contribution in [0.3, 0.4) is 0 Å². The van der Waals surface area contributed by atoms with Crippen molar-refractivity contribution in [1.29, 1.82) is 0 Å². The monoisotopic (exact) mass is 390 g/mol. The van der Waals surface area contributed by atoms with Crippen LogP contribution >= 0.6 is 0 Å². The Morgan fingerprint density at radius 3 is 2.82 bits per heavy atom. The zero-order valence-corrected chi connectivity index (χ0v) is 15.5. The molecule has 3 rings (SSSR count). The molecule has 0 aliphatic heterocycles. The van der Waals surface area contributed by atoms with Crippen molar-refractivity contribution < 1.29 is 23.0 Å². The van der Waals surface area contributed by atoms with Crippen LogP contribution < -0.4 is 10.1 Å². The molecular formula is C19H20F2N4O3. The lowest BCUT2D eigenvalue weighted by atomic mass is 10.2. The van der Waals surface area contributed by atoms with Gasteiger partial charge in [-0.15, -0.1) is 0 Å². The molecule has 0 fully saturated rings. The van der Waals surface area contributed by atoms with Crippen LogP contribution in [0.25, 0.3) is 5.65 Å². The van der Waals surface area contributed by atoms with Gasteiger partial charge in [0.2, 0.25) is 0 Å². The average molecular weight is 390 g/mol. The number of methoxy groups -OCH3 is 1. The molecule has 0 unspecified atom stereocenters. The number of amides is 1.